The summed E-state index contributed by atoms with van der Waals surface area (Å²) in [6, 6.07) is 0. The van der Waals surface area contributed by atoms with Gasteiger partial charge < -0.3 is 14.7 Å². The third-order valence-corrected chi connectivity index (χ3v) is 3.76. The summed E-state index contributed by atoms with van der Waals surface area (Å²) in [7, 11) is 0. The van der Waals surface area contributed by atoms with Crippen LogP contribution >= 0.6 is 0 Å². The second-order valence-corrected chi connectivity index (χ2v) is 5.04. The second kappa shape index (κ2) is 8.90. The highest BCUT2D eigenvalue weighted by molar-refractivity contribution is 4.67. The lowest BCUT2D eigenvalue weighted by molar-refractivity contribution is 0.0909. The summed E-state index contributed by atoms with van der Waals surface area (Å²) in [4.78, 5) is 2.36. The molecule has 1 heterocycles. The average molecular weight is 243 g/mol. The van der Waals surface area contributed by atoms with Gasteiger partial charge in [-0.15, -0.1) is 0 Å². The average Bonchev–Trinajstić information content (AvgIpc) is 2.83. The van der Waals surface area contributed by atoms with Gasteiger partial charge in [-0.05, 0) is 51.6 Å². The Balaban J connectivity index is 1.98. The molecule has 1 rings (SSSR count). The molecule has 17 heavy (non-hydrogen) atoms. The lowest BCUT2D eigenvalue weighted by Gasteiger charge is -2.20. The summed E-state index contributed by atoms with van der Waals surface area (Å²) in [6.45, 7) is 8.47. The fraction of sp³-hybridized carbons (Fsp3) is 1.00. The molecule has 0 radical (unpaired) electrons. The van der Waals surface area contributed by atoms with Gasteiger partial charge in [0.2, 0.25) is 0 Å². The van der Waals surface area contributed by atoms with E-state index in [1.165, 1.54) is 12.8 Å². The standard InChI is InChI=1S/C14H29NO2/c1-3-15(4-2)11-10-13(16)7-5-8-14-9-6-12-17-14/h13-14,16H,3-12H2,1-2H3. The molecule has 0 saturated carbocycles. The van der Waals surface area contributed by atoms with Gasteiger partial charge in [-0.25, -0.2) is 0 Å². The molecule has 0 aromatic heterocycles. The highest BCUT2D eigenvalue weighted by Crippen LogP contribution is 2.18. The molecular weight excluding hydrogens is 214 g/mol. The van der Waals surface area contributed by atoms with Gasteiger partial charge in [-0.3, -0.25) is 0 Å². The number of nitrogens with zero attached hydrogens (tertiary/aromatic N) is 1. The minimum absolute atomic E-state index is 0.128. The van der Waals surface area contributed by atoms with Crippen LogP contribution in [0, 0.1) is 0 Å². The molecule has 1 fully saturated rings. The van der Waals surface area contributed by atoms with E-state index in [0.717, 1.165) is 51.9 Å². The zero-order valence-electron chi connectivity index (χ0n) is 11.5. The van der Waals surface area contributed by atoms with E-state index in [9.17, 15) is 5.11 Å². The molecule has 0 bridgehead atoms. The van der Waals surface area contributed by atoms with Gasteiger partial charge in [-0.2, -0.15) is 0 Å². The normalized spacial score (nSPS) is 22.2. The van der Waals surface area contributed by atoms with Crippen LogP contribution < -0.4 is 0 Å². The fourth-order valence-electron chi connectivity index (χ4n) is 2.47. The molecule has 0 aliphatic carbocycles. The van der Waals surface area contributed by atoms with E-state index in [4.69, 9.17) is 4.74 Å². The molecular formula is C14H29NO2. The Labute approximate surface area is 106 Å². The van der Waals surface area contributed by atoms with Gasteiger partial charge >= 0.3 is 0 Å². The Kier molecular flexibility index (Phi) is 7.82. The van der Waals surface area contributed by atoms with Crippen molar-refractivity contribution in [1.82, 2.24) is 4.90 Å². The number of ether oxygens (including phenoxy) is 1. The SMILES string of the molecule is CCN(CC)CCC(O)CCCC1CCCO1. The number of aliphatic hydroxyl groups is 1. The molecule has 3 nitrogen and oxygen atoms in total. The molecule has 102 valence electrons. The van der Waals surface area contributed by atoms with E-state index in [1.807, 2.05) is 0 Å². The molecule has 1 N–H and O–H groups in total. The summed E-state index contributed by atoms with van der Waals surface area (Å²) in [6.07, 6.45) is 6.85. The van der Waals surface area contributed by atoms with Crippen LogP contribution in [0.2, 0.25) is 0 Å². The predicted molar refractivity (Wildman–Crippen MR) is 71.2 cm³/mol. The van der Waals surface area contributed by atoms with Crippen LogP contribution in [0.3, 0.4) is 0 Å². The molecule has 0 aromatic carbocycles. The molecule has 0 spiro atoms. The van der Waals surface area contributed by atoms with Gasteiger partial charge in [0, 0.05) is 13.2 Å². The molecule has 1 aliphatic heterocycles. The van der Waals surface area contributed by atoms with Crippen LogP contribution in [0.15, 0.2) is 0 Å². The monoisotopic (exact) mass is 243 g/mol. The lowest BCUT2D eigenvalue weighted by atomic mass is 10.0. The van der Waals surface area contributed by atoms with Crippen LogP contribution in [0.1, 0.15) is 52.4 Å². The third-order valence-electron chi connectivity index (χ3n) is 3.76. The molecule has 1 saturated heterocycles. The van der Waals surface area contributed by atoms with Crippen LogP contribution in [0.4, 0.5) is 0 Å². The van der Waals surface area contributed by atoms with Crippen molar-refractivity contribution >= 4 is 0 Å². The van der Waals surface area contributed by atoms with Crippen molar-refractivity contribution in [2.45, 2.75) is 64.6 Å². The van der Waals surface area contributed by atoms with E-state index in [-0.39, 0.29) is 6.10 Å². The van der Waals surface area contributed by atoms with E-state index in [0.29, 0.717) is 6.10 Å². The van der Waals surface area contributed by atoms with Gasteiger partial charge in [0.25, 0.3) is 0 Å². The first-order valence-corrected chi connectivity index (χ1v) is 7.28. The highest BCUT2D eigenvalue weighted by atomic mass is 16.5. The van der Waals surface area contributed by atoms with E-state index in [2.05, 4.69) is 18.7 Å². The lowest BCUT2D eigenvalue weighted by Crippen LogP contribution is -2.27. The largest absolute Gasteiger partial charge is 0.393 e. The number of hydrogen-bond donors (Lipinski definition) is 1. The molecule has 0 aromatic rings. The topological polar surface area (TPSA) is 32.7 Å². The summed E-state index contributed by atoms with van der Waals surface area (Å²) >= 11 is 0. The summed E-state index contributed by atoms with van der Waals surface area (Å²) < 4.78 is 5.58. The van der Waals surface area contributed by atoms with E-state index in [1.54, 1.807) is 0 Å². The quantitative estimate of drug-likeness (QED) is 0.675. The van der Waals surface area contributed by atoms with Crippen molar-refractivity contribution < 1.29 is 9.84 Å². The Hall–Kier alpha value is -0.120. The molecule has 3 heteroatoms. The fourth-order valence-corrected chi connectivity index (χ4v) is 2.47. The van der Waals surface area contributed by atoms with Crippen molar-refractivity contribution in [3.8, 4) is 0 Å². The predicted octanol–water partition coefficient (Wildman–Crippen LogP) is 2.43. The van der Waals surface area contributed by atoms with Gasteiger partial charge in [0.05, 0.1) is 12.2 Å². The van der Waals surface area contributed by atoms with E-state index < -0.39 is 0 Å². The first kappa shape index (κ1) is 14.9. The Morgan fingerprint density at radius 3 is 2.65 bits per heavy atom. The Morgan fingerprint density at radius 1 is 1.29 bits per heavy atom. The van der Waals surface area contributed by atoms with E-state index >= 15 is 0 Å². The van der Waals surface area contributed by atoms with Crippen molar-refractivity contribution in [3.63, 3.8) is 0 Å². The van der Waals surface area contributed by atoms with Crippen LogP contribution in [-0.4, -0.2) is 48.5 Å². The summed E-state index contributed by atoms with van der Waals surface area (Å²) in [5.41, 5.74) is 0. The maximum absolute atomic E-state index is 9.90. The molecule has 2 unspecified atom stereocenters. The molecule has 0 amide bonds. The van der Waals surface area contributed by atoms with Crippen molar-refractivity contribution in [3.05, 3.63) is 0 Å². The Morgan fingerprint density at radius 2 is 2.06 bits per heavy atom. The molecule has 2 atom stereocenters. The number of aliphatic hydroxyl groups excluding tert-OH is 1. The maximum Gasteiger partial charge on any atom is 0.0576 e. The number of rotatable bonds is 9. The Bertz CT molecular complexity index is 177. The summed E-state index contributed by atoms with van der Waals surface area (Å²) in [5, 5.41) is 9.90. The van der Waals surface area contributed by atoms with Gasteiger partial charge in [0.1, 0.15) is 0 Å². The maximum atomic E-state index is 9.90. The van der Waals surface area contributed by atoms with Gasteiger partial charge in [0.15, 0.2) is 0 Å². The zero-order valence-corrected chi connectivity index (χ0v) is 11.5. The smallest absolute Gasteiger partial charge is 0.0576 e. The minimum Gasteiger partial charge on any atom is -0.393 e. The van der Waals surface area contributed by atoms with Crippen molar-refractivity contribution in [1.29, 1.82) is 0 Å². The van der Waals surface area contributed by atoms with Crippen molar-refractivity contribution in [2.24, 2.45) is 0 Å². The van der Waals surface area contributed by atoms with Crippen LogP contribution in [-0.2, 0) is 4.74 Å². The first-order chi connectivity index (χ1) is 8.26. The first-order valence-electron chi connectivity index (χ1n) is 7.28. The zero-order chi connectivity index (χ0) is 12.5. The molecule has 1 aliphatic rings. The van der Waals surface area contributed by atoms with Crippen LogP contribution in [0.25, 0.3) is 0 Å². The third kappa shape index (κ3) is 6.39. The number of hydrogen-bond acceptors (Lipinski definition) is 3. The minimum atomic E-state index is -0.128. The highest BCUT2D eigenvalue weighted by Gasteiger charge is 2.15. The second-order valence-electron chi connectivity index (χ2n) is 5.04. The summed E-state index contributed by atoms with van der Waals surface area (Å²) in [5.74, 6) is 0. The van der Waals surface area contributed by atoms with Crippen molar-refractivity contribution in [2.75, 3.05) is 26.2 Å². The van der Waals surface area contributed by atoms with Crippen LogP contribution in [0.5, 0.6) is 0 Å². The van der Waals surface area contributed by atoms with Gasteiger partial charge in [-0.1, -0.05) is 13.8 Å².